The van der Waals surface area contributed by atoms with E-state index in [-0.39, 0.29) is 12.1 Å². The second-order valence-electron chi connectivity index (χ2n) is 7.59. The maximum absolute atomic E-state index is 13.6. The number of ketones is 2. The molecule has 1 aliphatic rings. The van der Waals surface area contributed by atoms with E-state index in [0.717, 1.165) is 0 Å². The van der Waals surface area contributed by atoms with E-state index in [0.29, 0.717) is 24.3 Å². The Balaban J connectivity index is 1.66. The molecule has 4 rings (SSSR count). The molecule has 32 heavy (non-hydrogen) atoms. The molecule has 0 N–H and O–H groups in total. The van der Waals surface area contributed by atoms with Crippen molar-refractivity contribution in [2.24, 2.45) is 5.92 Å². The Labute approximate surface area is 184 Å². The van der Waals surface area contributed by atoms with Gasteiger partial charge in [0.1, 0.15) is 17.5 Å². The molecule has 2 unspecified atom stereocenters. The van der Waals surface area contributed by atoms with E-state index in [4.69, 9.17) is 4.74 Å². The number of rotatable bonds is 8. The number of aromatic nitrogens is 2. The van der Waals surface area contributed by atoms with Gasteiger partial charge in [-0.05, 0) is 36.2 Å². The normalized spacial score (nSPS) is 18.2. The monoisotopic (exact) mass is 435 g/mol. The van der Waals surface area contributed by atoms with Crippen molar-refractivity contribution < 1.29 is 23.5 Å². The molecule has 1 saturated heterocycles. The first-order valence-corrected chi connectivity index (χ1v) is 10.2. The summed E-state index contributed by atoms with van der Waals surface area (Å²) in [7, 11) is 1.48. The minimum Gasteiger partial charge on any atom is -0.497 e. The molecule has 1 aromatic heterocycles. The molecule has 0 aliphatic carbocycles. The standard InChI is InChI=1S/C24H22FN3O4/c1-32-19-5-2-4-17(14-19)22(29)20-21(16-6-8-18(25)9-7-16)28(24(31)23(20)30)12-3-11-27-13-10-26-15-27/h2,4-10,13-15,20-21H,3,11-12H2,1H3. The van der Waals surface area contributed by atoms with Crippen LogP contribution in [0.25, 0.3) is 0 Å². The second kappa shape index (κ2) is 9.13. The maximum Gasteiger partial charge on any atom is 0.291 e. The van der Waals surface area contributed by atoms with Crippen molar-refractivity contribution in [3.05, 3.63) is 84.2 Å². The lowest BCUT2D eigenvalue weighted by molar-refractivity contribution is -0.140. The largest absolute Gasteiger partial charge is 0.497 e. The van der Waals surface area contributed by atoms with Gasteiger partial charge in [-0.1, -0.05) is 24.3 Å². The second-order valence-corrected chi connectivity index (χ2v) is 7.59. The average molecular weight is 435 g/mol. The molecular weight excluding hydrogens is 413 g/mol. The number of Topliss-reactive ketones (excluding diaryl/α,β-unsaturated/α-hetero) is 2. The van der Waals surface area contributed by atoms with Crippen molar-refractivity contribution in [3.63, 3.8) is 0 Å². The van der Waals surface area contributed by atoms with E-state index in [2.05, 4.69) is 4.98 Å². The van der Waals surface area contributed by atoms with Crippen molar-refractivity contribution in [1.29, 1.82) is 0 Å². The molecular formula is C24H22FN3O4. The Hall–Kier alpha value is -3.81. The predicted molar refractivity (Wildman–Crippen MR) is 114 cm³/mol. The molecule has 2 atom stereocenters. The summed E-state index contributed by atoms with van der Waals surface area (Å²) in [5, 5.41) is 0. The number of ether oxygens (including phenoxy) is 1. The molecule has 0 bridgehead atoms. The molecule has 164 valence electrons. The fourth-order valence-electron chi connectivity index (χ4n) is 4.06. The summed E-state index contributed by atoms with van der Waals surface area (Å²) in [6.45, 7) is 0.870. The molecule has 0 radical (unpaired) electrons. The minimum absolute atomic E-state index is 0.271. The van der Waals surface area contributed by atoms with Gasteiger partial charge in [0.05, 0.1) is 19.5 Å². The van der Waals surface area contributed by atoms with Crippen molar-refractivity contribution in [1.82, 2.24) is 14.5 Å². The van der Waals surface area contributed by atoms with Crippen LogP contribution in [0.5, 0.6) is 5.75 Å². The Morgan fingerprint density at radius 1 is 1.12 bits per heavy atom. The number of aryl methyl sites for hydroxylation is 1. The smallest absolute Gasteiger partial charge is 0.291 e. The van der Waals surface area contributed by atoms with Crippen LogP contribution in [0.4, 0.5) is 4.39 Å². The van der Waals surface area contributed by atoms with Gasteiger partial charge < -0.3 is 14.2 Å². The summed E-state index contributed by atoms with van der Waals surface area (Å²) in [6.07, 6.45) is 5.70. The number of carbonyl (C=O) groups excluding carboxylic acids is 3. The third kappa shape index (κ3) is 4.16. The number of hydrogen-bond donors (Lipinski definition) is 0. The third-order valence-corrected chi connectivity index (χ3v) is 5.63. The molecule has 1 fully saturated rings. The van der Waals surface area contributed by atoms with E-state index >= 15 is 0 Å². The number of methoxy groups -OCH3 is 1. The van der Waals surface area contributed by atoms with Crippen molar-refractivity contribution in [2.75, 3.05) is 13.7 Å². The number of hydrogen-bond acceptors (Lipinski definition) is 5. The van der Waals surface area contributed by atoms with E-state index in [1.165, 1.54) is 36.3 Å². The highest BCUT2D eigenvalue weighted by molar-refractivity contribution is 6.44. The number of benzene rings is 2. The number of carbonyl (C=O) groups is 3. The van der Waals surface area contributed by atoms with Gasteiger partial charge in [-0.2, -0.15) is 0 Å². The zero-order valence-electron chi connectivity index (χ0n) is 17.5. The van der Waals surface area contributed by atoms with Gasteiger partial charge >= 0.3 is 0 Å². The minimum atomic E-state index is -1.21. The summed E-state index contributed by atoms with van der Waals surface area (Å²) in [5.74, 6) is -3.10. The van der Waals surface area contributed by atoms with Crippen LogP contribution < -0.4 is 4.74 Å². The molecule has 0 saturated carbocycles. The van der Waals surface area contributed by atoms with Gasteiger partial charge in [0.15, 0.2) is 5.78 Å². The Bertz CT molecular complexity index is 1130. The Morgan fingerprint density at radius 2 is 1.91 bits per heavy atom. The highest BCUT2D eigenvalue weighted by Crippen LogP contribution is 2.38. The van der Waals surface area contributed by atoms with Crippen molar-refractivity contribution in [3.8, 4) is 5.75 Å². The number of amides is 1. The summed E-state index contributed by atoms with van der Waals surface area (Å²) >= 11 is 0. The van der Waals surface area contributed by atoms with Crippen molar-refractivity contribution >= 4 is 17.5 Å². The third-order valence-electron chi connectivity index (χ3n) is 5.63. The SMILES string of the molecule is COc1cccc(C(=O)C2C(=O)C(=O)N(CCCn3ccnc3)C2c2ccc(F)cc2)c1. The Morgan fingerprint density at radius 3 is 2.59 bits per heavy atom. The summed E-state index contributed by atoms with van der Waals surface area (Å²) in [6, 6.07) is 11.2. The summed E-state index contributed by atoms with van der Waals surface area (Å²) in [4.78, 5) is 44.7. The average Bonchev–Trinajstić information content (AvgIpc) is 3.41. The molecule has 7 nitrogen and oxygen atoms in total. The first-order valence-electron chi connectivity index (χ1n) is 10.2. The van der Waals surface area contributed by atoms with Crippen LogP contribution in [0.15, 0.2) is 67.3 Å². The van der Waals surface area contributed by atoms with Crippen LogP contribution in [-0.2, 0) is 16.1 Å². The topological polar surface area (TPSA) is 81.5 Å². The molecule has 8 heteroatoms. The highest BCUT2D eigenvalue weighted by Gasteiger charge is 2.51. The zero-order chi connectivity index (χ0) is 22.7. The first-order chi connectivity index (χ1) is 15.5. The summed E-state index contributed by atoms with van der Waals surface area (Å²) < 4.78 is 20.6. The zero-order valence-corrected chi connectivity index (χ0v) is 17.5. The van der Waals surface area contributed by atoms with Crippen LogP contribution >= 0.6 is 0 Å². The van der Waals surface area contributed by atoms with Crippen LogP contribution in [0, 0.1) is 11.7 Å². The summed E-state index contributed by atoms with van der Waals surface area (Å²) in [5.41, 5.74) is 0.817. The van der Waals surface area contributed by atoms with Crippen LogP contribution in [-0.4, -0.2) is 45.6 Å². The lowest BCUT2D eigenvalue weighted by atomic mass is 9.86. The number of imidazole rings is 1. The lowest BCUT2D eigenvalue weighted by Crippen LogP contribution is -2.32. The molecule has 2 heterocycles. The molecule has 1 aliphatic heterocycles. The molecule has 3 aromatic rings. The van der Waals surface area contributed by atoms with Crippen LogP contribution in [0.2, 0.25) is 0 Å². The predicted octanol–water partition coefficient (Wildman–Crippen LogP) is 3.07. The van der Waals surface area contributed by atoms with Crippen LogP contribution in [0.3, 0.4) is 0 Å². The fourth-order valence-corrected chi connectivity index (χ4v) is 4.06. The first kappa shape index (κ1) is 21.4. The molecule has 0 spiro atoms. The van der Waals surface area contributed by atoms with E-state index in [1.807, 2.05) is 10.8 Å². The van der Waals surface area contributed by atoms with Gasteiger partial charge in [-0.25, -0.2) is 9.37 Å². The van der Waals surface area contributed by atoms with Gasteiger partial charge in [0, 0.05) is 31.0 Å². The van der Waals surface area contributed by atoms with E-state index in [1.54, 1.807) is 36.8 Å². The molecule has 2 aromatic carbocycles. The van der Waals surface area contributed by atoms with Crippen molar-refractivity contribution in [2.45, 2.75) is 19.0 Å². The fraction of sp³-hybridized carbons (Fsp3) is 0.250. The van der Waals surface area contributed by atoms with Gasteiger partial charge in [-0.3, -0.25) is 14.4 Å². The molecule has 1 amide bonds. The quantitative estimate of drug-likeness (QED) is 0.309. The Kier molecular flexibility index (Phi) is 6.11. The van der Waals surface area contributed by atoms with E-state index in [9.17, 15) is 18.8 Å². The lowest BCUT2D eigenvalue weighted by Gasteiger charge is -2.27. The van der Waals surface area contributed by atoms with Gasteiger partial charge in [0.2, 0.25) is 5.78 Å². The number of likely N-dealkylation sites (tertiary alicyclic amines) is 1. The van der Waals surface area contributed by atoms with E-state index < -0.39 is 35.3 Å². The van der Waals surface area contributed by atoms with Crippen LogP contribution in [0.1, 0.15) is 28.4 Å². The van der Waals surface area contributed by atoms with Gasteiger partial charge in [0.25, 0.3) is 5.91 Å². The number of nitrogens with zero attached hydrogens (tertiary/aromatic N) is 3. The highest BCUT2D eigenvalue weighted by atomic mass is 19.1. The van der Waals surface area contributed by atoms with Gasteiger partial charge in [-0.15, -0.1) is 0 Å². The maximum atomic E-state index is 13.6. The number of halogens is 1.